The SMILES string of the molecule is CCOC(=O)OC(=O)N1CCc2cc(Oc3ccccc3)ccc2C1C(=O)NCCN(C(C)C)C(C)C. The molecule has 0 saturated carbocycles. The number of rotatable bonds is 9. The Hall–Kier alpha value is -3.59. The van der Waals surface area contributed by atoms with E-state index < -0.39 is 18.3 Å². The zero-order valence-corrected chi connectivity index (χ0v) is 22.2. The zero-order valence-electron chi connectivity index (χ0n) is 22.2. The van der Waals surface area contributed by atoms with Crippen molar-refractivity contribution in [2.75, 3.05) is 26.2 Å². The molecular formula is C28H37N3O6. The summed E-state index contributed by atoms with van der Waals surface area (Å²) in [5.41, 5.74) is 1.55. The molecule has 2 aromatic carbocycles. The van der Waals surface area contributed by atoms with Crippen molar-refractivity contribution in [1.29, 1.82) is 0 Å². The maximum Gasteiger partial charge on any atom is 0.517 e. The molecule has 1 heterocycles. The van der Waals surface area contributed by atoms with Crippen molar-refractivity contribution in [3.63, 3.8) is 0 Å². The second kappa shape index (κ2) is 13.1. The first-order valence-corrected chi connectivity index (χ1v) is 12.8. The second-order valence-electron chi connectivity index (χ2n) is 9.39. The van der Waals surface area contributed by atoms with E-state index in [-0.39, 0.29) is 19.1 Å². The average molecular weight is 512 g/mol. The van der Waals surface area contributed by atoms with Crippen LogP contribution in [0.3, 0.4) is 0 Å². The molecule has 9 heteroatoms. The van der Waals surface area contributed by atoms with Gasteiger partial charge in [-0.25, -0.2) is 9.59 Å². The van der Waals surface area contributed by atoms with Gasteiger partial charge >= 0.3 is 12.2 Å². The molecule has 1 unspecified atom stereocenters. The number of benzene rings is 2. The van der Waals surface area contributed by atoms with Crippen molar-refractivity contribution in [2.24, 2.45) is 0 Å². The van der Waals surface area contributed by atoms with Crippen molar-refractivity contribution in [2.45, 2.75) is 59.2 Å². The third kappa shape index (κ3) is 7.45. The molecule has 0 saturated heterocycles. The van der Waals surface area contributed by atoms with Gasteiger partial charge in [0.15, 0.2) is 0 Å². The molecule has 1 aliphatic heterocycles. The standard InChI is InChI=1S/C28H37N3O6/c1-6-35-28(34)37-27(33)31-16-14-21-18-23(36-22-10-8-7-9-11-22)12-13-24(21)25(31)26(32)29-15-17-30(19(2)3)20(4)5/h7-13,18-20,25H,6,14-17H2,1-5H3,(H,29,32). The van der Waals surface area contributed by atoms with E-state index in [9.17, 15) is 14.4 Å². The quantitative estimate of drug-likeness (QED) is 0.377. The van der Waals surface area contributed by atoms with E-state index in [1.54, 1.807) is 19.1 Å². The minimum atomic E-state index is -1.09. The summed E-state index contributed by atoms with van der Waals surface area (Å²) in [6.45, 7) is 11.4. The predicted molar refractivity (Wildman–Crippen MR) is 140 cm³/mol. The summed E-state index contributed by atoms with van der Waals surface area (Å²) in [5.74, 6) is 0.995. The predicted octanol–water partition coefficient (Wildman–Crippen LogP) is 4.91. The molecule has 0 radical (unpaired) electrons. The van der Waals surface area contributed by atoms with Crippen molar-refractivity contribution in [3.05, 3.63) is 59.7 Å². The van der Waals surface area contributed by atoms with Crippen LogP contribution in [0.5, 0.6) is 11.5 Å². The lowest BCUT2D eigenvalue weighted by atomic mass is 9.92. The van der Waals surface area contributed by atoms with Gasteiger partial charge in [0.1, 0.15) is 17.5 Å². The number of ether oxygens (including phenoxy) is 3. The van der Waals surface area contributed by atoms with E-state index in [1.165, 1.54) is 4.90 Å². The lowest BCUT2D eigenvalue weighted by molar-refractivity contribution is -0.126. The van der Waals surface area contributed by atoms with E-state index >= 15 is 0 Å². The summed E-state index contributed by atoms with van der Waals surface area (Å²) in [7, 11) is 0. The highest BCUT2D eigenvalue weighted by atomic mass is 16.7. The van der Waals surface area contributed by atoms with Crippen LogP contribution >= 0.6 is 0 Å². The summed E-state index contributed by atoms with van der Waals surface area (Å²) in [6.07, 6.45) is -1.54. The molecule has 1 N–H and O–H groups in total. The number of nitrogens with one attached hydrogen (secondary N) is 1. The molecule has 9 nitrogen and oxygen atoms in total. The fraction of sp³-hybridized carbons (Fsp3) is 0.464. The van der Waals surface area contributed by atoms with Crippen LogP contribution in [0.1, 0.15) is 51.8 Å². The van der Waals surface area contributed by atoms with Gasteiger partial charge < -0.3 is 19.5 Å². The topological polar surface area (TPSA) is 97.4 Å². The number of para-hydroxylation sites is 1. The third-order valence-electron chi connectivity index (χ3n) is 6.23. The number of amides is 2. The second-order valence-corrected chi connectivity index (χ2v) is 9.39. The lowest BCUT2D eigenvalue weighted by Crippen LogP contribution is -2.49. The van der Waals surface area contributed by atoms with Crippen LogP contribution in [0.15, 0.2) is 48.5 Å². The van der Waals surface area contributed by atoms with Crippen LogP contribution in [-0.4, -0.2) is 66.3 Å². The number of fused-ring (bicyclic) bond motifs is 1. The Morgan fingerprint density at radius 3 is 2.38 bits per heavy atom. The van der Waals surface area contributed by atoms with E-state index in [2.05, 4.69) is 37.9 Å². The molecular weight excluding hydrogens is 474 g/mol. The molecule has 1 aliphatic rings. The maximum absolute atomic E-state index is 13.5. The van der Waals surface area contributed by atoms with Crippen LogP contribution in [0.4, 0.5) is 9.59 Å². The highest BCUT2D eigenvalue weighted by Gasteiger charge is 2.38. The Labute approximate surface area is 218 Å². The summed E-state index contributed by atoms with van der Waals surface area (Å²) in [4.78, 5) is 41.7. The van der Waals surface area contributed by atoms with Gasteiger partial charge in [0.05, 0.1) is 6.61 Å². The Morgan fingerprint density at radius 1 is 1.03 bits per heavy atom. The minimum absolute atomic E-state index is 0.0747. The van der Waals surface area contributed by atoms with Gasteiger partial charge in [0.25, 0.3) is 0 Å². The van der Waals surface area contributed by atoms with E-state index in [1.807, 2.05) is 36.4 Å². The summed E-state index contributed by atoms with van der Waals surface area (Å²) >= 11 is 0. The number of hydrogen-bond donors (Lipinski definition) is 1. The lowest BCUT2D eigenvalue weighted by Gasteiger charge is -2.36. The fourth-order valence-electron chi connectivity index (χ4n) is 4.57. The van der Waals surface area contributed by atoms with E-state index in [4.69, 9.17) is 14.2 Å². The number of carbonyl (C=O) groups is 3. The number of nitrogens with zero attached hydrogens (tertiary/aromatic N) is 2. The maximum atomic E-state index is 13.5. The molecule has 2 amide bonds. The van der Waals surface area contributed by atoms with Crippen molar-refractivity contribution in [3.8, 4) is 11.5 Å². The van der Waals surface area contributed by atoms with Gasteiger partial charge in [0, 0.05) is 31.7 Å². The van der Waals surface area contributed by atoms with Gasteiger partial charge in [-0.15, -0.1) is 0 Å². The summed E-state index contributed by atoms with van der Waals surface area (Å²) < 4.78 is 15.6. The Kier molecular flexibility index (Phi) is 9.91. The Balaban J connectivity index is 1.82. The third-order valence-corrected chi connectivity index (χ3v) is 6.23. The summed E-state index contributed by atoms with van der Waals surface area (Å²) in [5, 5.41) is 2.97. The highest BCUT2D eigenvalue weighted by molar-refractivity contribution is 5.90. The van der Waals surface area contributed by atoms with Crippen LogP contribution in [0, 0.1) is 0 Å². The van der Waals surface area contributed by atoms with Crippen molar-refractivity contribution >= 4 is 18.2 Å². The van der Waals surface area contributed by atoms with Gasteiger partial charge in [-0.05, 0) is 76.4 Å². The van der Waals surface area contributed by atoms with Crippen LogP contribution < -0.4 is 10.1 Å². The molecule has 0 fully saturated rings. The minimum Gasteiger partial charge on any atom is -0.457 e. The monoisotopic (exact) mass is 511 g/mol. The first kappa shape index (κ1) is 28.0. The van der Waals surface area contributed by atoms with E-state index in [0.717, 1.165) is 5.56 Å². The summed E-state index contributed by atoms with van der Waals surface area (Å²) in [6, 6.07) is 14.6. The van der Waals surface area contributed by atoms with Gasteiger partial charge in [-0.2, -0.15) is 0 Å². The number of hydrogen-bond acceptors (Lipinski definition) is 7. The average Bonchev–Trinajstić information content (AvgIpc) is 2.85. The van der Waals surface area contributed by atoms with Crippen LogP contribution in [0.2, 0.25) is 0 Å². The zero-order chi connectivity index (χ0) is 26.9. The molecule has 0 spiro atoms. The van der Waals surface area contributed by atoms with E-state index in [0.29, 0.717) is 48.7 Å². The Bertz CT molecular complexity index is 1060. The molecule has 0 aliphatic carbocycles. The molecule has 0 bridgehead atoms. The molecule has 200 valence electrons. The first-order valence-electron chi connectivity index (χ1n) is 12.8. The van der Waals surface area contributed by atoms with Crippen LogP contribution in [0.25, 0.3) is 0 Å². The largest absolute Gasteiger partial charge is 0.517 e. The van der Waals surface area contributed by atoms with Gasteiger partial charge in [-0.1, -0.05) is 24.3 Å². The fourth-order valence-corrected chi connectivity index (χ4v) is 4.57. The highest BCUT2D eigenvalue weighted by Crippen LogP contribution is 2.34. The van der Waals surface area contributed by atoms with Crippen LogP contribution in [-0.2, 0) is 20.7 Å². The molecule has 2 aromatic rings. The molecule has 37 heavy (non-hydrogen) atoms. The molecule has 1 atom stereocenters. The number of carbonyl (C=O) groups excluding carboxylic acids is 3. The molecule has 0 aromatic heterocycles. The van der Waals surface area contributed by atoms with Crippen molar-refractivity contribution in [1.82, 2.24) is 15.1 Å². The smallest absolute Gasteiger partial charge is 0.457 e. The normalized spacial score (nSPS) is 14.9. The van der Waals surface area contributed by atoms with Gasteiger partial charge in [-0.3, -0.25) is 14.6 Å². The molecule has 3 rings (SSSR count). The van der Waals surface area contributed by atoms with Crippen molar-refractivity contribution < 1.29 is 28.6 Å². The Morgan fingerprint density at radius 2 is 1.73 bits per heavy atom. The van der Waals surface area contributed by atoms with Gasteiger partial charge in [0.2, 0.25) is 5.91 Å². The first-order chi connectivity index (χ1) is 17.7.